The third-order valence-corrected chi connectivity index (χ3v) is 4.74. The summed E-state index contributed by atoms with van der Waals surface area (Å²) in [6.45, 7) is 2.76. The van der Waals surface area contributed by atoms with Crippen molar-refractivity contribution in [1.82, 2.24) is 4.90 Å². The van der Waals surface area contributed by atoms with Gasteiger partial charge in [0.1, 0.15) is 5.82 Å². The van der Waals surface area contributed by atoms with Gasteiger partial charge in [-0.3, -0.25) is 4.90 Å². The van der Waals surface area contributed by atoms with Crippen molar-refractivity contribution >= 4 is 5.97 Å². The van der Waals surface area contributed by atoms with Crippen LogP contribution < -0.4 is 0 Å². The molecule has 0 bridgehead atoms. The molecule has 1 aliphatic heterocycles. The third kappa shape index (κ3) is 4.20. The SMILES string of the molecule is O=C(O)c1cccc(CN2CCCC(c3ccc(F)cc3)CC2)c1. The molecule has 126 valence electrons. The number of likely N-dealkylation sites (tertiary alicyclic amines) is 1. The van der Waals surface area contributed by atoms with Gasteiger partial charge < -0.3 is 5.11 Å². The fraction of sp³-hybridized carbons (Fsp3) is 0.350. The number of aromatic carboxylic acids is 1. The van der Waals surface area contributed by atoms with Gasteiger partial charge in [0.25, 0.3) is 0 Å². The molecule has 4 heteroatoms. The summed E-state index contributed by atoms with van der Waals surface area (Å²) in [4.78, 5) is 13.5. The van der Waals surface area contributed by atoms with E-state index in [1.165, 1.54) is 17.7 Å². The fourth-order valence-corrected chi connectivity index (χ4v) is 3.44. The standard InChI is InChI=1S/C20H22FNO2/c21-19-8-6-17(7-9-19)16-5-2-11-22(12-10-16)14-15-3-1-4-18(13-15)20(23)24/h1,3-4,6-9,13,16H,2,5,10-12,14H2,(H,23,24). The molecule has 1 aliphatic rings. The lowest BCUT2D eigenvalue weighted by Gasteiger charge is -2.20. The average Bonchev–Trinajstić information content (AvgIpc) is 2.81. The number of carboxylic acids is 1. The highest BCUT2D eigenvalue weighted by Crippen LogP contribution is 2.28. The predicted molar refractivity (Wildman–Crippen MR) is 91.7 cm³/mol. The zero-order chi connectivity index (χ0) is 16.9. The predicted octanol–water partition coefficient (Wildman–Crippen LogP) is 4.29. The molecule has 2 aromatic carbocycles. The first kappa shape index (κ1) is 16.7. The molecule has 1 fully saturated rings. The van der Waals surface area contributed by atoms with Crippen LogP contribution in [0.1, 0.15) is 46.7 Å². The highest BCUT2D eigenvalue weighted by Gasteiger charge is 2.19. The van der Waals surface area contributed by atoms with Crippen molar-refractivity contribution in [3.05, 3.63) is 71.0 Å². The number of benzene rings is 2. The fourth-order valence-electron chi connectivity index (χ4n) is 3.44. The van der Waals surface area contributed by atoms with Gasteiger partial charge in [0.2, 0.25) is 0 Å². The molecule has 0 spiro atoms. The molecule has 1 atom stereocenters. The number of carbonyl (C=O) groups is 1. The van der Waals surface area contributed by atoms with Gasteiger partial charge in [0, 0.05) is 6.54 Å². The van der Waals surface area contributed by atoms with Crippen LogP contribution in [0.25, 0.3) is 0 Å². The average molecular weight is 327 g/mol. The molecule has 0 aromatic heterocycles. The van der Waals surface area contributed by atoms with E-state index in [0.717, 1.165) is 44.5 Å². The third-order valence-electron chi connectivity index (χ3n) is 4.74. The lowest BCUT2D eigenvalue weighted by atomic mass is 9.92. The number of carboxylic acid groups (broad SMARTS) is 1. The van der Waals surface area contributed by atoms with E-state index < -0.39 is 5.97 Å². The highest BCUT2D eigenvalue weighted by atomic mass is 19.1. The van der Waals surface area contributed by atoms with Crippen LogP contribution in [0.4, 0.5) is 4.39 Å². The number of nitrogens with zero attached hydrogens (tertiary/aromatic N) is 1. The molecule has 24 heavy (non-hydrogen) atoms. The highest BCUT2D eigenvalue weighted by molar-refractivity contribution is 5.87. The van der Waals surface area contributed by atoms with Crippen molar-refractivity contribution in [3.8, 4) is 0 Å². The van der Waals surface area contributed by atoms with Gasteiger partial charge >= 0.3 is 5.97 Å². The van der Waals surface area contributed by atoms with E-state index in [0.29, 0.717) is 11.5 Å². The summed E-state index contributed by atoms with van der Waals surface area (Å²) in [5, 5.41) is 9.10. The Bertz CT molecular complexity index is 699. The molecule has 3 nitrogen and oxygen atoms in total. The largest absolute Gasteiger partial charge is 0.478 e. The zero-order valence-corrected chi connectivity index (χ0v) is 13.6. The van der Waals surface area contributed by atoms with E-state index in [1.807, 2.05) is 18.2 Å². The number of halogens is 1. The Morgan fingerprint density at radius 3 is 2.67 bits per heavy atom. The second kappa shape index (κ2) is 7.58. The molecule has 3 rings (SSSR count). The van der Waals surface area contributed by atoms with Crippen LogP contribution in [-0.4, -0.2) is 29.1 Å². The quantitative estimate of drug-likeness (QED) is 0.910. The van der Waals surface area contributed by atoms with Crippen molar-refractivity contribution in [1.29, 1.82) is 0 Å². The van der Waals surface area contributed by atoms with E-state index in [1.54, 1.807) is 18.2 Å². The number of rotatable bonds is 4. The molecular formula is C20H22FNO2. The molecule has 0 aliphatic carbocycles. The summed E-state index contributed by atoms with van der Waals surface area (Å²) in [5.41, 5.74) is 2.59. The Kier molecular flexibility index (Phi) is 5.26. The molecule has 0 radical (unpaired) electrons. The minimum absolute atomic E-state index is 0.188. The Labute approximate surface area is 141 Å². The molecule has 1 saturated heterocycles. The summed E-state index contributed by atoms with van der Waals surface area (Å²) in [7, 11) is 0. The van der Waals surface area contributed by atoms with Crippen LogP contribution in [0.5, 0.6) is 0 Å². The van der Waals surface area contributed by atoms with Gasteiger partial charge in [-0.2, -0.15) is 0 Å². The summed E-state index contributed by atoms with van der Waals surface area (Å²) in [6, 6.07) is 14.0. The van der Waals surface area contributed by atoms with Crippen LogP contribution >= 0.6 is 0 Å². The Morgan fingerprint density at radius 2 is 1.92 bits per heavy atom. The second-order valence-electron chi connectivity index (χ2n) is 6.46. The number of hydrogen-bond donors (Lipinski definition) is 1. The minimum atomic E-state index is -0.885. The Balaban J connectivity index is 1.62. The van der Waals surface area contributed by atoms with Gasteiger partial charge in [-0.15, -0.1) is 0 Å². The van der Waals surface area contributed by atoms with Crippen molar-refractivity contribution in [2.24, 2.45) is 0 Å². The molecule has 2 aromatic rings. The zero-order valence-electron chi connectivity index (χ0n) is 13.6. The normalized spacial score (nSPS) is 19.0. The van der Waals surface area contributed by atoms with Gasteiger partial charge in [-0.05, 0) is 73.7 Å². The van der Waals surface area contributed by atoms with Gasteiger partial charge in [0.05, 0.1) is 5.56 Å². The molecule has 1 N–H and O–H groups in total. The van der Waals surface area contributed by atoms with E-state index in [2.05, 4.69) is 4.90 Å². The molecule has 0 saturated carbocycles. The van der Waals surface area contributed by atoms with E-state index in [-0.39, 0.29) is 5.82 Å². The van der Waals surface area contributed by atoms with E-state index in [4.69, 9.17) is 5.11 Å². The Hall–Kier alpha value is -2.20. The maximum atomic E-state index is 13.1. The first-order valence-electron chi connectivity index (χ1n) is 8.42. The first-order valence-corrected chi connectivity index (χ1v) is 8.42. The lowest BCUT2D eigenvalue weighted by Crippen LogP contribution is -2.24. The molecule has 0 amide bonds. The van der Waals surface area contributed by atoms with Crippen molar-refractivity contribution < 1.29 is 14.3 Å². The van der Waals surface area contributed by atoms with Crippen molar-refractivity contribution in [3.63, 3.8) is 0 Å². The summed E-state index contributed by atoms with van der Waals surface area (Å²) >= 11 is 0. The topological polar surface area (TPSA) is 40.5 Å². The lowest BCUT2D eigenvalue weighted by molar-refractivity contribution is 0.0696. The Morgan fingerprint density at radius 1 is 1.12 bits per heavy atom. The minimum Gasteiger partial charge on any atom is -0.478 e. The van der Waals surface area contributed by atoms with Crippen LogP contribution in [0.15, 0.2) is 48.5 Å². The van der Waals surface area contributed by atoms with Gasteiger partial charge in [-0.1, -0.05) is 24.3 Å². The summed E-state index contributed by atoms with van der Waals surface area (Å²) < 4.78 is 13.1. The van der Waals surface area contributed by atoms with Crippen molar-refractivity contribution in [2.45, 2.75) is 31.7 Å². The van der Waals surface area contributed by atoms with E-state index >= 15 is 0 Å². The van der Waals surface area contributed by atoms with Crippen molar-refractivity contribution in [2.75, 3.05) is 13.1 Å². The summed E-state index contributed by atoms with van der Waals surface area (Å²) in [6.07, 6.45) is 3.25. The smallest absolute Gasteiger partial charge is 0.335 e. The second-order valence-corrected chi connectivity index (χ2v) is 6.46. The maximum absolute atomic E-state index is 13.1. The molecule has 1 heterocycles. The van der Waals surface area contributed by atoms with Crippen LogP contribution in [0.3, 0.4) is 0 Å². The molecule has 1 unspecified atom stereocenters. The van der Waals surface area contributed by atoms with Gasteiger partial charge in [-0.25, -0.2) is 9.18 Å². The van der Waals surface area contributed by atoms with E-state index in [9.17, 15) is 9.18 Å². The van der Waals surface area contributed by atoms with Crippen LogP contribution in [-0.2, 0) is 6.54 Å². The van der Waals surface area contributed by atoms with Crippen LogP contribution in [0.2, 0.25) is 0 Å². The molecular weight excluding hydrogens is 305 g/mol. The number of hydrogen-bond acceptors (Lipinski definition) is 2. The summed E-state index contributed by atoms with van der Waals surface area (Å²) in [5.74, 6) is -0.600. The first-order chi connectivity index (χ1) is 11.6. The van der Waals surface area contributed by atoms with Crippen LogP contribution in [0, 0.1) is 5.82 Å². The van der Waals surface area contributed by atoms with Gasteiger partial charge in [0.15, 0.2) is 0 Å². The monoisotopic (exact) mass is 327 g/mol. The maximum Gasteiger partial charge on any atom is 0.335 e.